The number of hydrogen-bond acceptors (Lipinski definition) is 2. The van der Waals surface area contributed by atoms with E-state index in [0.717, 1.165) is 11.8 Å². The van der Waals surface area contributed by atoms with Gasteiger partial charge >= 0.3 is 0 Å². The first kappa shape index (κ1) is 9.83. The Morgan fingerprint density at radius 2 is 1.60 bits per heavy atom. The molecule has 0 unspecified atom stereocenters. The molecule has 1 N–H and O–H groups in total. The second-order valence-corrected chi connectivity index (χ2v) is 6.17. The molecule has 2 heteroatoms. The zero-order chi connectivity index (χ0) is 10.6. The molecule has 2 nitrogen and oxygen atoms in total. The molecule has 4 aliphatic carbocycles. The van der Waals surface area contributed by atoms with Crippen LogP contribution >= 0.6 is 0 Å². The molecule has 84 valence electrons. The van der Waals surface area contributed by atoms with Crippen LogP contribution in [0.3, 0.4) is 0 Å². The maximum Gasteiger partial charge on any atom is 0.164 e. The van der Waals surface area contributed by atoms with Crippen LogP contribution in [-0.4, -0.2) is 17.5 Å². The van der Waals surface area contributed by atoms with Crippen LogP contribution in [0.4, 0.5) is 0 Å². The average molecular weight is 208 g/mol. The topological polar surface area (TPSA) is 37.3 Å². The van der Waals surface area contributed by atoms with Gasteiger partial charge in [-0.1, -0.05) is 6.92 Å². The lowest BCUT2D eigenvalue weighted by Crippen LogP contribution is -2.55. The fraction of sp³-hybridized carbons (Fsp3) is 0.923. The molecule has 4 rings (SSSR count). The third-order valence-corrected chi connectivity index (χ3v) is 5.58. The molecule has 0 aliphatic heterocycles. The van der Waals surface area contributed by atoms with Gasteiger partial charge in [-0.15, -0.1) is 0 Å². The van der Waals surface area contributed by atoms with Gasteiger partial charge in [-0.2, -0.15) is 0 Å². The van der Waals surface area contributed by atoms with Gasteiger partial charge in [0.15, 0.2) is 5.78 Å². The molecule has 15 heavy (non-hydrogen) atoms. The van der Waals surface area contributed by atoms with Gasteiger partial charge in [-0.05, 0) is 55.8 Å². The number of carbonyl (C=O) groups is 1. The molecule has 0 amide bonds. The van der Waals surface area contributed by atoms with E-state index >= 15 is 0 Å². The first-order chi connectivity index (χ1) is 7.14. The van der Waals surface area contributed by atoms with Crippen molar-refractivity contribution in [3.8, 4) is 0 Å². The molecule has 4 fully saturated rings. The van der Waals surface area contributed by atoms with E-state index in [1.807, 2.05) is 0 Å². The van der Waals surface area contributed by atoms with Gasteiger partial charge in [-0.3, -0.25) is 4.79 Å². The maximum atomic E-state index is 12.0. The van der Waals surface area contributed by atoms with E-state index in [1.165, 1.54) is 32.1 Å². The summed E-state index contributed by atoms with van der Waals surface area (Å²) in [5.74, 6) is 3.05. The number of aliphatic hydroxyl groups is 1. The average Bonchev–Trinajstić information content (AvgIpc) is 2.23. The maximum absolute atomic E-state index is 12.0. The first-order valence-corrected chi connectivity index (χ1v) is 6.28. The zero-order valence-electron chi connectivity index (χ0n) is 9.41. The van der Waals surface area contributed by atoms with Crippen LogP contribution in [0.2, 0.25) is 0 Å². The third-order valence-electron chi connectivity index (χ3n) is 5.58. The Bertz CT molecular complexity index is 267. The lowest BCUT2D eigenvalue weighted by molar-refractivity contribution is -0.156. The predicted molar refractivity (Wildman–Crippen MR) is 57.2 cm³/mol. The number of aliphatic hydroxyl groups excluding tert-OH is 1. The SMILES string of the molecule is CC1(C(=O)CO)C2CC3CC(C2)CC1C3. The Morgan fingerprint density at radius 1 is 1.13 bits per heavy atom. The fourth-order valence-corrected chi connectivity index (χ4v) is 4.79. The van der Waals surface area contributed by atoms with E-state index in [9.17, 15) is 4.79 Å². The summed E-state index contributed by atoms with van der Waals surface area (Å²) >= 11 is 0. The molecule has 0 aromatic heterocycles. The van der Waals surface area contributed by atoms with Crippen molar-refractivity contribution in [3.63, 3.8) is 0 Å². The molecule has 0 radical (unpaired) electrons. The summed E-state index contributed by atoms with van der Waals surface area (Å²) in [5.41, 5.74) is -0.178. The summed E-state index contributed by atoms with van der Waals surface area (Å²) in [6, 6.07) is 0. The minimum absolute atomic E-state index is 0.108. The molecule has 0 aromatic rings. The second kappa shape index (κ2) is 3.07. The summed E-state index contributed by atoms with van der Waals surface area (Å²) in [5, 5.41) is 9.13. The molecule has 0 heterocycles. The van der Waals surface area contributed by atoms with Crippen LogP contribution in [0.25, 0.3) is 0 Å². The van der Waals surface area contributed by atoms with Crippen LogP contribution in [0.15, 0.2) is 0 Å². The summed E-state index contributed by atoms with van der Waals surface area (Å²) in [4.78, 5) is 12.0. The number of ketones is 1. The van der Waals surface area contributed by atoms with E-state index in [2.05, 4.69) is 6.92 Å². The van der Waals surface area contributed by atoms with Crippen LogP contribution in [-0.2, 0) is 4.79 Å². The van der Waals surface area contributed by atoms with Gasteiger partial charge in [0, 0.05) is 5.41 Å². The number of Topliss-reactive ketones (excluding diaryl/α,β-unsaturated/α-hetero) is 1. The Morgan fingerprint density at radius 3 is 2.00 bits per heavy atom. The van der Waals surface area contributed by atoms with Crippen LogP contribution in [0, 0.1) is 29.1 Å². The zero-order valence-corrected chi connectivity index (χ0v) is 9.41. The molecular weight excluding hydrogens is 188 g/mol. The summed E-state index contributed by atoms with van der Waals surface area (Å²) < 4.78 is 0. The van der Waals surface area contributed by atoms with Crippen molar-refractivity contribution in [2.45, 2.75) is 39.0 Å². The molecule has 0 atom stereocenters. The highest BCUT2D eigenvalue weighted by Crippen LogP contribution is 2.62. The van der Waals surface area contributed by atoms with Gasteiger partial charge in [0.05, 0.1) is 0 Å². The molecule has 0 saturated heterocycles. The van der Waals surface area contributed by atoms with Crippen molar-refractivity contribution in [2.24, 2.45) is 29.1 Å². The Balaban J connectivity index is 1.94. The normalized spacial score (nSPS) is 52.1. The van der Waals surface area contributed by atoms with Gasteiger partial charge < -0.3 is 5.11 Å². The van der Waals surface area contributed by atoms with E-state index in [4.69, 9.17) is 5.11 Å². The van der Waals surface area contributed by atoms with Gasteiger partial charge in [0.2, 0.25) is 0 Å². The highest BCUT2D eigenvalue weighted by atomic mass is 16.3. The van der Waals surface area contributed by atoms with Gasteiger partial charge in [0.25, 0.3) is 0 Å². The Labute approximate surface area is 91.1 Å². The van der Waals surface area contributed by atoms with E-state index in [1.54, 1.807) is 0 Å². The fourth-order valence-electron chi connectivity index (χ4n) is 4.79. The molecule has 4 aliphatic rings. The minimum atomic E-state index is -0.251. The molecular formula is C13H20O2. The van der Waals surface area contributed by atoms with Crippen LogP contribution in [0.1, 0.15) is 39.0 Å². The summed E-state index contributed by atoms with van der Waals surface area (Å²) in [6.07, 6.45) is 6.39. The van der Waals surface area contributed by atoms with Crippen LogP contribution in [0.5, 0.6) is 0 Å². The third kappa shape index (κ3) is 1.17. The number of rotatable bonds is 2. The van der Waals surface area contributed by atoms with Crippen LogP contribution < -0.4 is 0 Å². The quantitative estimate of drug-likeness (QED) is 0.753. The lowest BCUT2D eigenvalue weighted by Gasteiger charge is -2.59. The largest absolute Gasteiger partial charge is 0.389 e. The summed E-state index contributed by atoms with van der Waals surface area (Å²) in [7, 11) is 0. The molecule has 4 saturated carbocycles. The van der Waals surface area contributed by atoms with Gasteiger partial charge in [0.1, 0.15) is 6.61 Å². The van der Waals surface area contributed by atoms with Crippen molar-refractivity contribution in [1.29, 1.82) is 0 Å². The smallest absolute Gasteiger partial charge is 0.164 e. The number of carbonyl (C=O) groups excluding carboxylic acids is 1. The van der Waals surface area contributed by atoms with Crippen molar-refractivity contribution >= 4 is 5.78 Å². The Kier molecular flexibility index (Phi) is 2.01. The first-order valence-electron chi connectivity index (χ1n) is 6.28. The van der Waals surface area contributed by atoms with E-state index in [0.29, 0.717) is 11.8 Å². The highest BCUT2D eigenvalue weighted by Gasteiger charge is 2.57. The molecule has 0 aromatic carbocycles. The monoisotopic (exact) mass is 208 g/mol. The molecule has 4 bridgehead atoms. The predicted octanol–water partition coefficient (Wildman–Crippen LogP) is 2.01. The van der Waals surface area contributed by atoms with Crippen molar-refractivity contribution in [3.05, 3.63) is 0 Å². The standard InChI is InChI=1S/C13H20O2/c1-13(12(15)7-14)10-3-8-2-9(5-10)6-11(13)4-8/h8-11,14H,2-7H2,1H3. The van der Waals surface area contributed by atoms with Crippen molar-refractivity contribution in [1.82, 2.24) is 0 Å². The van der Waals surface area contributed by atoms with Crippen molar-refractivity contribution < 1.29 is 9.90 Å². The Hall–Kier alpha value is -0.370. The summed E-state index contributed by atoms with van der Waals surface area (Å²) in [6.45, 7) is 1.87. The van der Waals surface area contributed by atoms with E-state index < -0.39 is 0 Å². The van der Waals surface area contributed by atoms with E-state index in [-0.39, 0.29) is 17.8 Å². The van der Waals surface area contributed by atoms with Gasteiger partial charge in [-0.25, -0.2) is 0 Å². The lowest BCUT2D eigenvalue weighted by atomic mass is 9.45. The molecule has 0 spiro atoms. The van der Waals surface area contributed by atoms with Crippen molar-refractivity contribution in [2.75, 3.05) is 6.61 Å². The minimum Gasteiger partial charge on any atom is -0.389 e. The second-order valence-electron chi connectivity index (χ2n) is 6.17. The highest BCUT2D eigenvalue weighted by molar-refractivity contribution is 5.86. The number of hydrogen-bond donors (Lipinski definition) is 1.